The van der Waals surface area contributed by atoms with E-state index in [1.807, 2.05) is 30.3 Å². The van der Waals surface area contributed by atoms with Gasteiger partial charge in [-0.3, -0.25) is 5.43 Å². The van der Waals surface area contributed by atoms with E-state index in [1.54, 1.807) is 24.4 Å². The zero-order chi connectivity index (χ0) is 18.1. The van der Waals surface area contributed by atoms with Crippen molar-refractivity contribution >= 4 is 46.7 Å². The number of halogens is 2. The van der Waals surface area contributed by atoms with E-state index in [0.717, 1.165) is 16.9 Å². The highest BCUT2D eigenvalue weighted by Gasteiger charge is 2.01. The second kappa shape index (κ2) is 10.0. The van der Waals surface area contributed by atoms with Crippen LogP contribution in [0.15, 0.2) is 60.2 Å². The molecule has 2 aromatic rings. The van der Waals surface area contributed by atoms with E-state index in [9.17, 15) is 0 Å². The van der Waals surface area contributed by atoms with Gasteiger partial charge in [0, 0.05) is 6.54 Å². The Morgan fingerprint density at radius 2 is 2.04 bits per heavy atom. The zero-order valence-electron chi connectivity index (χ0n) is 13.3. The molecule has 0 saturated carbocycles. The fourth-order valence-corrected chi connectivity index (χ4v) is 2.31. The number of rotatable bonds is 7. The summed E-state index contributed by atoms with van der Waals surface area (Å²) in [6.45, 7) is 4.58. The number of ether oxygens (including phenoxy) is 1. The van der Waals surface area contributed by atoms with Crippen LogP contribution in [0.5, 0.6) is 5.75 Å². The number of benzene rings is 2. The fourth-order valence-electron chi connectivity index (χ4n) is 1.85. The Bertz CT molecular complexity index is 781. The van der Waals surface area contributed by atoms with E-state index in [1.165, 1.54) is 0 Å². The first-order valence-electron chi connectivity index (χ1n) is 7.43. The molecule has 0 aliphatic rings. The number of hydrazone groups is 1. The summed E-state index contributed by atoms with van der Waals surface area (Å²) in [6.07, 6.45) is 3.38. The fraction of sp³-hybridized carbons (Fsp3) is 0.111. The summed E-state index contributed by atoms with van der Waals surface area (Å²) >= 11 is 17.0. The van der Waals surface area contributed by atoms with Gasteiger partial charge in [0.25, 0.3) is 0 Å². The molecule has 2 aromatic carbocycles. The number of thiocarbonyl (C=S) groups is 1. The number of nitrogens with zero attached hydrogens (tertiary/aromatic N) is 1. The molecule has 0 bridgehead atoms. The van der Waals surface area contributed by atoms with Crippen LogP contribution in [0.4, 0.5) is 0 Å². The molecule has 0 amide bonds. The maximum absolute atomic E-state index is 6.00. The molecular weight excluding hydrogens is 377 g/mol. The minimum absolute atomic E-state index is 0.394. The second-order valence-electron chi connectivity index (χ2n) is 4.98. The molecule has 4 nitrogen and oxygen atoms in total. The summed E-state index contributed by atoms with van der Waals surface area (Å²) < 4.78 is 5.78. The molecule has 0 aromatic heterocycles. The molecule has 0 atom stereocenters. The van der Waals surface area contributed by atoms with Crippen LogP contribution in [-0.4, -0.2) is 17.9 Å². The SMILES string of the molecule is C=CCNC(=S)N/N=C/c1cccc(OCc2ccc(Cl)c(Cl)c2)c1. The standard InChI is InChI=1S/C18H17Cl2N3OS/c1-2-8-21-18(25)23-22-11-13-4-3-5-15(9-13)24-12-14-6-7-16(19)17(20)10-14/h2-7,9-11H,1,8,12H2,(H2,21,23,25)/b22-11+. The molecule has 0 saturated heterocycles. The molecule has 0 radical (unpaired) electrons. The zero-order valence-corrected chi connectivity index (χ0v) is 15.7. The largest absolute Gasteiger partial charge is 0.489 e. The van der Waals surface area contributed by atoms with Gasteiger partial charge in [0.2, 0.25) is 0 Å². The Morgan fingerprint density at radius 3 is 2.80 bits per heavy atom. The van der Waals surface area contributed by atoms with Gasteiger partial charge in [-0.25, -0.2) is 0 Å². The topological polar surface area (TPSA) is 45.7 Å². The van der Waals surface area contributed by atoms with Crippen molar-refractivity contribution in [2.75, 3.05) is 6.54 Å². The second-order valence-corrected chi connectivity index (χ2v) is 6.20. The van der Waals surface area contributed by atoms with E-state index in [4.69, 9.17) is 40.2 Å². The lowest BCUT2D eigenvalue weighted by Crippen LogP contribution is -2.31. The van der Waals surface area contributed by atoms with Crippen molar-refractivity contribution in [2.45, 2.75) is 6.61 Å². The highest BCUT2D eigenvalue weighted by Crippen LogP contribution is 2.23. The third-order valence-electron chi connectivity index (χ3n) is 3.03. The summed E-state index contributed by atoms with van der Waals surface area (Å²) in [7, 11) is 0. The molecular formula is C18H17Cl2N3OS. The average molecular weight is 394 g/mol. The van der Waals surface area contributed by atoms with Crippen LogP contribution in [-0.2, 0) is 6.61 Å². The van der Waals surface area contributed by atoms with Crippen molar-refractivity contribution in [1.29, 1.82) is 0 Å². The number of hydrogen-bond acceptors (Lipinski definition) is 3. The lowest BCUT2D eigenvalue weighted by molar-refractivity contribution is 0.306. The molecule has 2 rings (SSSR count). The highest BCUT2D eigenvalue weighted by atomic mass is 35.5. The lowest BCUT2D eigenvalue weighted by Gasteiger charge is -2.08. The molecule has 25 heavy (non-hydrogen) atoms. The van der Waals surface area contributed by atoms with Crippen molar-refractivity contribution in [1.82, 2.24) is 10.7 Å². The summed E-state index contributed by atoms with van der Waals surface area (Å²) in [6, 6.07) is 13.0. The van der Waals surface area contributed by atoms with Gasteiger partial charge in [-0.15, -0.1) is 6.58 Å². The molecule has 0 spiro atoms. The minimum Gasteiger partial charge on any atom is -0.489 e. The Labute approximate surface area is 162 Å². The van der Waals surface area contributed by atoms with Crippen molar-refractivity contribution in [2.24, 2.45) is 5.10 Å². The van der Waals surface area contributed by atoms with Gasteiger partial charge < -0.3 is 10.1 Å². The molecule has 130 valence electrons. The first kappa shape index (κ1) is 19.2. The first-order valence-corrected chi connectivity index (χ1v) is 8.59. The van der Waals surface area contributed by atoms with Gasteiger partial charge >= 0.3 is 0 Å². The van der Waals surface area contributed by atoms with Crippen LogP contribution in [0, 0.1) is 0 Å². The molecule has 0 heterocycles. The first-order chi connectivity index (χ1) is 12.1. The van der Waals surface area contributed by atoms with Crippen molar-refractivity contribution in [3.05, 3.63) is 76.3 Å². The lowest BCUT2D eigenvalue weighted by atomic mass is 10.2. The maximum atomic E-state index is 6.00. The molecule has 0 aliphatic heterocycles. The third kappa shape index (κ3) is 6.74. The number of nitrogens with one attached hydrogen (secondary N) is 2. The smallest absolute Gasteiger partial charge is 0.187 e. The Kier molecular flexibility index (Phi) is 7.73. The maximum Gasteiger partial charge on any atom is 0.187 e. The van der Waals surface area contributed by atoms with Gasteiger partial charge in [0.1, 0.15) is 12.4 Å². The molecule has 0 fully saturated rings. The predicted octanol–water partition coefficient (Wildman–Crippen LogP) is 4.56. The quantitative estimate of drug-likeness (QED) is 0.313. The molecule has 7 heteroatoms. The van der Waals surface area contributed by atoms with Gasteiger partial charge in [-0.2, -0.15) is 5.10 Å². The van der Waals surface area contributed by atoms with Crippen molar-refractivity contribution in [3.63, 3.8) is 0 Å². The van der Waals surface area contributed by atoms with Crippen LogP contribution in [0.25, 0.3) is 0 Å². The summed E-state index contributed by atoms with van der Waals surface area (Å²) in [5, 5.41) is 8.46. The van der Waals surface area contributed by atoms with Crippen LogP contribution in [0.1, 0.15) is 11.1 Å². The van der Waals surface area contributed by atoms with Gasteiger partial charge in [-0.05, 0) is 47.6 Å². The molecule has 2 N–H and O–H groups in total. The number of hydrogen-bond donors (Lipinski definition) is 2. The normalized spacial score (nSPS) is 10.5. The van der Waals surface area contributed by atoms with Crippen LogP contribution < -0.4 is 15.5 Å². The van der Waals surface area contributed by atoms with Gasteiger partial charge in [0.05, 0.1) is 16.3 Å². The Morgan fingerprint density at radius 1 is 1.20 bits per heavy atom. The van der Waals surface area contributed by atoms with E-state index in [2.05, 4.69) is 22.4 Å². The third-order valence-corrected chi connectivity index (χ3v) is 4.01. The highest BCUT2D eigenvalue weighted by molar-refractivity contribution is 7.80. The van der Waals surface area contributed by atoms with Gasteiger partial charge in [0.15, 0.2) is 5.11 Å². The van der Waals surface area contributed by atoms with Crippen LogP contribution >= 0.6 is 35.4 Å². The predicted molar refractivity (Wildman–Crippen MR) is 109 cm³/mol. The monoisotopic (exact) mass is 393 g/mol. The average Bonchev–Trinajstić information content (AvgIpc) is 2.61. The van der Waals surface area contributed by atoms with Crippen LogP contribution in [0.3, 0.4) is 0 Å². The van der Waals surface area contributed by atoms with E-state index < -0.39 is 0 Å². The van der Waals surface area contributed by atoms with Gasteiger partial charge in [-0.1, -0.05) is 47.5 Å². The minimum atomic E-state index is 0.394. The summed E-state index contributed by atoms with van der Waals surface area (Å²) in [4.78, 5) is 0. The van der Waals surface area contributed by atoms with Crippen molar-refractivity contribution in [3.8, 4) is 5.75 Å². The van der Waals surface area contributed by atoms with Crippen LogP contribution in [0.2, 0.25) is 10.0 Å². The Hall–Kier alpha value is -2.08. The molecule has 0 unspecified atom stereocenters. The summed E-state index contributed by atoms with van der Waals surface area (Å²) in [5.41, 5.74) is 4.55. The Balaban J connectivity index is 1.90. The van der Waals surface area contributed by atoms with E-state index in [-0.39, 0.29) is 0 Å². The van der Waals surface area contributed by atoms with E-state index in [0.29, 0.717) is 28.3 Å². The summed E-state index contributed by atoms with van der Waals surface area (Å²) in [5.74, 6) is 0.724. The van der Waals surface area contributed by atoms with E-state index >= 15 is 0 Å². The molecule has 0 aliphatic carbocycles. The van der Waals surface area contributed by atoms with Crippen molar-refractivity contribution < 1.29 is 4.74 Å².